The highest BCUT2D eigenvalue weighted by Gasteiger charge is 2.14. The lowest BCUT2D eigenvalue weighted by Crippen LogP contribution is -1.92. The van der Waals surface area contributed by atoms with E-state index in [-0.39, 0.29) is 0 Å². The summed E-state index contributed by atoms with van der Waals surface area (Å²) in [5, 5.41) is 19.2. The summed E-state index contributed by atoms with van der Waals surface area (Å²) in [5.41, 5.74) is 1.06. The molecule has 0 spiro atoms. The van der Waals surface area contributed by atoms with Crippen molar-refractivity contribution in [3.8, 4) is 10.7 Å². The van der Waals surface area contributed by atoms with Gasteiger partial charge in [0.2, 0.25) is 4.96 Å². The number of aromatic nitrogens is 5. The number of fused-ring (bicyclic) bond motifs is 1. The lowest BCUT2D eigenvalue weighted by Gasteiger charge is -1.91. The average Bonchev–Trinajstić information content (AvgIpc) is 3.13. The molecule has 0 aliphatic carbocycles. The van der Waals surface area contributed by atoms with E-state index in [2.05, 4.69) is 25.7 Å². The molecule has 0 atom stereocenters. The molecular weight excluding hydrogens is 310 g/mol. The van der Waals surface area contributed by atoms with E-state index in [1.807, 2.05) is 29.0 Å². The summed E-state index contributed by atoms with van der Waals surface area (Å²) in [4.78, 5) is 6.39. The number of rotatable bonds is 3. The summed E-state index contributed by atoms with van der Waals surface area (Å²) in [6, 6.07) is 4.04. The molecule has 100 valence electrons. The molecule has 0 N–H and O–H groups in total. The third kappa shape index (κ3) is 2.05. The minimum absolute atomic E-state index is 0.752. The van der Waals surface area contributed by atoms with Gasteiger partial charge in [-0.3, -0.25) is 0 Å². The zero-order valence-electron chi connectivity index (χ0n) is 10.5. The van der Waals surface area contributed by atoms with Gasteiger partial charge >= 0.3 is 0 Å². The molecule has 0 radical (unpaired) electrons. The van der Waals surface area contributed by atoms with Crippen molar-refractivity contribution in [2.24, 2.45) is 0 Å². The van der Waals surface area contributed by atoms with Crippen LogP contribution in [-0.2, 0) is 6.42 Å². The molecule has 0 aromatic carbocycles. The zero-order chi connectivity index (χ0) is 13.5. The maximum absolute atomic E-state index is 4.61. The smallest absolute Gasteiger partial charge is 0.235 e. The Kier molecular flexibility index (Phi) is 2.86. The predicted molar refractivity (Wildman–Crippen MR) is 81.6 cm³/mol. The minimum Gasteiger partial charge on any atom is -0.246 e. The number of hydrogen-bond acceptors (Lipinski definition) is 7. The van der Waals surface area contributed by atoms with Crippen LogP contribution in [0.3, 0.4) is 0 Å². The fourth-order valence-corrected chi connectivity index (χ4v) is 4.09. The van der Waals surface area contributed by atoms with Crippen molar-refractivity contribution in [3.63, 3.8) is 0 Å². The molecule has 0 unspecified atom stereocenters. The molecule has 0 aliphatic rings. The van der Waals surface area contributed by atoms with Crippen LogP contribution in [0.4, 0.5) is 0 Å². The van der Waals surface area contributed by atoms with Crippen LogP contribution in [0, 0.1) is 6.92 Å². The Labute approximate surface area is 126 Å². The maximum atomic E-state index is 4.61. The summed E-state index contributed by atoms with van der Waals surface area (Å²) in [5.74, 6) is 0.812. The molecule has 0 aliphatic heterocycles. The van der Waals surface area contributed by atoms with Crippen LogP contribution in [-0.4, -0.2) is 24.8 Å². The number of hydrogen-bond donors (Lipinski definition) is 0. The Morgan fingerprint density at radius 1 is 1.25 bits per heavy atom. The van der Waals surface area contributed by atoms with Crippen LogP contribution in [0.5, 0.6) is 0 Å². The van der Waals surface area contributed by atoms with Crippen molar-refractivity contribution in [3.05, 3.63) is 38.6 Å². The molecule has 0 fully saturated rings. The first-order valence-electron chi connectivity index (χ1n) is 5.95. The minimum atomic E-state index is 0.752. The van der Waals surface area contributed by atoms with Crippen LogP contribution in [0.25, 0.3) is 15.7 Å². The van der Waals surface area contributed by atoms with Crippen LogP contribution >= 0.6 is 34.0 Å². The van der Waals surface area contributed by atoms with E-state index in [4.69, 9.17) is 0 Å². The molecule has 4 heterocycles. The maximum Gasteiger partial charge on any atom is 0.235 e. The van der Waals surface area contributed by atoms with E-state index in [0.717, 1.165) is 37.8 Å². The third-order valence-corrected chi connectivity index (χ3v) is 5.36. The quantitative estimate of drug-likeness (QED) is 0.581. The van der Waals surface area contributed by atoms with Gasteiger partial charge in [-0.15, -0.1) is 32.9 Å². The third-order valence-electron chi connectivity index (χ3n) is 2.77. The molecule has 0 saturated carbocycles. The summed E-state index contributed by atoms with van der Waals surface area (Å²) < 4.78 is 1.82. The fraction of sp³-hybridized carbons (Fsp3) is 0.167. The Morgan fingerprint density at radius 3 is 2.95 bits per heavy atom. The first-order chi connectivity index (χ1) is 9.79. The standard InChI is InChI=1S/C12H9N5S3/c1-7-13-8(6-19-7)5-10-16-17-11(9-3-2-4-18-9)14-15-12(17)20-10/h2-4,6H,5H2,1H3. The molecule has 8 heteroatoms. The van der Waals surface area contributed by atoms with Crippen molar-refractivity contribution < 1.29 is 0 Å². The summed E-state index contributed by atoms with van der Waals surface area (Å²) in [7, 11) is 0. The van der Waals surface area contributed by atoms with Gasteiger partial charge in [-0.25, -0.2) is 4.98 Å². The Bertz CT molecular complexity index is 855. The van der Waals surface area contributed by atoms with E-state index in [1.165, 1.54) is 0 Å². The van der Waals surface area contributed by atoms with Crippen LogP contribution in [0.2, 0.25) is 0 Å². The molecule has 4 rings (SSSR count). The highest BCUT2D eigenvalue weighted by atomic mass is 32.1. The van der Waals surface area contributed by atoms with Gasteiger partial charge in [0.25, 0.3) is 0 Å². The highest BCUT2D eigenvalue weighted by Crippen LogP contribution is 2.26. The monoisotopic (exact) mass is 319 g/mol. The van der Waals surface area contributed by atoms with Gasteiger partial charge < -0.3 is 0 Å². The second-order valence-corrected chi connectivity index (χ2v) is 7.28. The normalized spacial score (nSPS) is 11.4. The Hall–Kier alpha value is -1.64. The predicted octanol–water partition coefficient (Wildman–Crippen LogP) is 3.27. The molecule has 0 bridgehead atoms. The van der Waals surface area contributed by atoms with E-state index >= 15 is 0 Å². The first-order valence-corrected chi connectivity index (χ1v) is 8.53. The Morgan fingerprint density at radius 2 is 2.20 bits per heavy atom. The topological polar surface area (TPSA) is 56.0 Å². The number of thiazole rings is 1. The molecule has 4 aromatic heterocycles. The number of nitrogens with zero attached hydrogens (tertiary/aromatic N) is 5. The van der Waals surface area contributed by atoms with Crippen molar-refractivity contribution in [1.82, 2.24) is 24.8 Å². The van der Waals surface area contributed by atoms with Gasteiger partial charge in [0, 0.05) is 11.8 Å². The molecule has 0 saturated heterocycles. The van der Waals surface area contributed by atoms with Crippen molar-refractivity contribution in [1.29, 1.82) is 0 Å². The largest absolute Gasteiger partial charge is 0.246 e. The van der Waals surface area contributed by atoms with Gasteiger partial charge in [-0.1, -0.05) is 17.4 Å². The number of aryl methyl sites for hydroxylation is 1. The van der Waals surface area contributed by atoms with Gasteiger partial charge in [-0.05, 0) is 18.4 Å². The van der Waals surface area contributed by atoms with Gasteiger partial charge in [0.05, 0.1) is 15.6 Å². The molecule has 0 amide bonds. The van der Waals surface area contributed by atoms with E-state index in [0.29, 0.717) is 0 Å². The highest BCUT2D eigenvalue weighted by molar-refractivity contribution is 7.16. The fourth-order valence-electron chi connectivity index (χ4n) is 1.93. The lowest BCUT2D eigenvalue weighted by atomic mass is 10.4. The molecular formula is C12H9N5S3. The first kappa shape index (κ1) is 12.1. The van der Waals surface area contributed by atoms with E-state index < -0.39 is 0 Å². The SMILES string of the molecule is Cc1nc(Cc2nn3c(-c4cccs4)nnc3s2)cs1. The van der Waals surface area contributed by atoms with Crippen LogP contribution in [0.1, 0.15) is 15.7 Å². The zero-order valence-corrected chi connectivity index (χ0v) is 12.9. The van der Waals surface area contributed by atoms with Crippen molar-refractivity contribution in [2.45, 2.75) is 13.3 Å². The van der Waals surface area contributed by atoms with Crippen LogP contribution in [0.15, 0.2) is 22.9 Å². The van der Waals surface area contributed by atoms with Crippen molar-refractivity contribution >= 4 is 39.0 Å². The molecule has 4 aromatic rings. The van der Waals surface area contributed by atoms with Gasteiger partial charge in [-0.2, -0.15) is 9.61 Å². The second kappa shape index (κ2) is 4.72. The molecule has 5 nitrogen and oxygen atoms in total. The summed E-state index contributed by atoms with van der Waals surface area (Å²) in [6.07, 6.45) is 0.752. The lowest BCUT2D eigenvalue weighted by molar-refractivity contribution is 0.910. The summed E-state index contributed by atoms with van der Waals surface area (Å²) >= 11 is 4.88. The van der Waals surface area contributed by atoms with E-state index in [1.54, 1.807) is 34.0 Å². The van der Waals surface area contributed by atoms with Crippen molar-refractivity contribution in [2.75, 3.05) is 0 Å². The van der Waals surface area contributed by atoms with E-state index in [9.17, 15) is 0 Å². The van der Waals surface area contributed by atoms with Gasteiger partial charge in [0.15, 0.2) is 5.82 Å². The number of thiophene rings is 1. The Balaban J connectivity index is 1.72. The van der Waals surface area contributed by atoms with Gasteiger partial charge in [0.1, 0.15) is 5.01 Å². The second-order valence-electron chi connectivity index (χ2n) is 4.23. The summed E-state index contributed by atoms with van der Waals surface area (Å²) in [6.45, 7) is 2.02. The average molecular weight is 319 g/mol. The molecule has 20 heavy (non-hydrogen) atoms. The van der Waals surface area contributed by atoms with Crippen LogP contribution < -0.4 is 0 Å².